The van der Waals surface area contributed by atoms with E-state index in [1.807, 2.05) is 6.07 Å². The third-order valence-electron chi connectivity index (χ3n) is 5.57. The van der Waals surface area contributed by atoms with Crippen molar-refractivity contribution in [2.45, 2.75) is 31.6 Å². The summed E-state index contributed by atoms with van der Waals surface area (Å²) < 4.78 is 52.4. The molecule has 2 aromatic carbocycles. The van der Waals surface area contributed by atoms with Gasteiger partial charge in [0.25, 0.3) is 0 Å². The van der Waals surface area contributed by atoms with Crippen LogP contribution in [0.25, 0.3) is 11.0 Å². The van der Waals surface area contributed by atoms with Gasteiger partial charge in [0.1, 0.15) is 18.0 Å². The zero-order valence-electron chi connectivity index (χ0n) is 17.1. The van der Waals surface area contributed by atoms with Gasteiger partial charge < -0.3 is 18.9 Å². The first-order chi connectivity index (χ1) is 14.8. The highest BCUT2D eigenvalue weighted by molar-refractivity contribution is 5.82. The Balaban J connectivity index is 1.67. The number of hydrogen-bond donors (Lipinski definition) is 0. The number of para-hydroxylation sites is 2. The molecule has 3 aromatic rings. The summed E-state index contributed by atoms with van der Waals surface area (Å²) in [5.74, 6) is -0.266. The van der Waals surface area contributed by atoms with E-state index in [2.05, 4.69) is 4.98 Å². The molecule has 1 saturated heterocycles. The number of likely N-dealkylation sites (tertiary alicyclic amines) is 1. The van der Waals surface area contributed by atoms with Crippen molar-refractivity contribution in [1.82, 2.24) is 14.5 Å². The van der Waals surface area contributed by atoms with Crippen molar-refractivity contribution in [1.29, 1.82) is 0 Å². The largest absolute Gasteiger partial charge is 0.497 e. The first-order valence-electron chi connectivity index (χ1n) is 9.87. The number of rotatable bonds is 5. The average molecular weight is 433 g/mol. The fourth-order valence-electron chi connectivity index (χ4n) is 4.16. The van der Waals surface area contributed by atoms with E-state index in [1.165, 1.54) is 13.2 Å². The van der Waals surface area contributed by atoms with Crippen LogP contribution in [-0.4, -0.2) is 41.1 Å². The summed E-state index contributed by atoms with van der Waals surface area (Å²) in [4.78, 5) is 18.5. The second-order valence-corrected chi connectivity index (χ2v) is 7.36. The van der Waals surface area contributed by atoms with Crippen molar-refractivity contribution in [3.63, 3.8) is 0 Å². The molecule has 0 N–H and O–H groups in total. The molecule has 1 fully saturated rings. The number of amides is 1. The standard InChI is InChI=1S/C22H22F3N3O3/c1-30-14-9-10-15(19(12-14)31-2)17-8-5-11-27(17)20(29)13-28-18-7-4-3-6-16(18)26-21(28)22(23,24)25/h3-4,6-7,9-10,12,17H,5,8,11,13H2,1-2H3/t17-/m1/s1. The van der Waals surface area contributed by atoms with Crippen LogP contribution in [0.5, 0.6) is 11.5 Å². The van der Waals surface area contributed by atoms with Crippen LogP contribution >= 0.6 is 0 Å². The SMILES string of the molecule is COc1ccc([C@H]2CCCN2C(=O)Cn2c(C(F)(F)F)nc3ccccc32)c(OC)c1. The molecule has 1 amide bonds. The minimum atomic E-state index is -4.66. The van der Waals surface area contributed by atoms with Gasteiger partial charge in [0.15, 0.2) is 0 Å². The number of nitrogens with zero attached hydrogens (tertiary/aromatic N) is 3. The monoisotopic (exact) mass is 433 g/mol. The predicted octanol–water partition coefficient (Wildman–Crippen LogP) is 4.44. The Kier molecular flexibility index (Phi) is 5.51. The number of imidazole rings is 1. The third kappa shape index (κ3) is 3.92. The van der Waals surface area contributed by atoms with E-state index in [4.69, 9.17) is 9.47 Å². The first kappa shape index (κ1) is 21.0. The number of aromatic nitrogens is 2. The van der Waals surface area contributed by atoms with Gasteiger partial charge in [-0.1, -0.05) is 12.1 Å². The first-order valence-corrected chi connectivity index (χ1v) is 9.87. The second kappa shape index (κ2) is 8.13. The summed E-state index contributed by atoms with van der Waals surface area (Å²) in [6.07, 6.45) is -3.21. The fraction of sp³-hybridized carbons (Fsp3) is 0.364. The van der Waals surface area contributed by atoms with Crippen LogP contribution in [-0.2, 0) is 17.5 Å². The van der Waals surface area contributed by atoms with Crippen LogP contribution in [0.4, 0.5) is 13.2 Å². The lowest BCUT2D eigenvalue weighted by Gasteiger charge is -2.27. The second-order valence-electron chi connectivity index (χ2n) is 7.36. The summed E-state index contributed by atoms with van der Waals surface area (Å²) in [7, 11) is 3.08. The number of methoxy groups -OCH3 is 2. The van der Waals surface area contributed by atoms with Gasteiger partial charge >= 0.3 is 6.18 Å². The van der Waals surface area contributed by atoms with Crippen molar-refractivity contribution in [3.05, 3.63) is 53.9 Å². The maximum atomic E-state index is 13.6. The van der Waals surface area contributed by atoms with Gasteiger partial charge in [-0.25, -0.2) is 4.98 Å². The lowest BCUT2D eigenvalue weighted by atomic mass is 10.0. The van der Waals surface area contributed by atoms with E-state index in [1.54, 1.807) is 42.3 Å². The summed E-state index contributed by atoms with van der Waals surface area (Å²) in [6.45, 7) is 0.0248. The predicted molar refractivity (Wildman–Crippen MR) is 108 cm³/mol. The number of halogens is 3. The van der Waals surface area contributed by atoms with Crippen LogP contribution in [0.1, 0.15) is 30.3 Å². The van der Waals surface area contributed by atoms with Gasteiger partial charge in [0.05, 0.1) is 31.3 Å². The summed E-state index contributed by atoms with van der Waals surface area (Å²) >= 11 is 0. The van der Waals surface area contributed by atoms with E-state index < -0.39 is 24.5 Å². The van der Waals surface area contributed by atoms with Crippen LogP contribution in [0, 0.1) is 0 Å². The molecule has 31 heavy (non-hydrogen) atoms. The van der Waals surface area contributed by atoms with E-state index in [0.29, 0.717) is 24.5 Å². The zero-order valence-corrected chi connectivity index (χ0v) is 17.1. The van der Waals surface area contributed by atoms with Crippen molar-refractivity contribution in [3.8, 4) is 11.5 Å². The molecule has 0 bridgehead atoms. The molecule has 6 nitrogen and oxygen atoms in total. The van der Waals surface area contributed by atoms with Crippen LogP contribution < -0.4 is 9.47 Å². The van der Waals surface area contributed by atoms with Crippen molar-refractivity contribution < 1.29 is 27.4 Å². The Morgan fingerprint density at radius 1 is 1.16 bits per heavy atom. The maximum Gasteiger partial charge on any atom is 0.449 e. The van der Waals surface area contributed by atoms with Crippen molar-refractivity contribution in [2.24, 2.45) is 0 Å². The van der Waals surface area contributed by atoms with Crippen LogP contribution in [0.15, 0.2) is 42.5 Å². The zero-order chi connectivity index (χ0) is 22.2. The van der Waals surface area contributed by atoms with E-state index in [0.717, 1.165) is 16.6 Å². The van der Waals surface area contributed by atoms with Crippen molar-refractivity contribution in [2.75, 3.05) is 20.8 Å². The average Bonchev–Trinajstić information content (AvgIpc) is 3.38. The van der Waals surface area contributed by atoms with E-state index in [9.17, 15) is 18.0 Å². The minimum absolute atomic E-state index is 0.206. The molecule has 0 aliphatic carbocycles. The fourth-order valence-corrected chi connectivity index (χ4v) is 4.16. The summed E-state index contributed by atoms with van der Waals surface area (Å²) in [5, 5.41) is 0. The van der Waals surface area contributed by atoms with Crippen LogP contribution in [0.3, 0.4) is 0 Å². The smallest absolute Gasteiger partial charge is 0.449 e. The highest BCUT2D eigenvalue weighted by Gasteiger charge is 2.39. The molecular weight excluding hydrogens is 411 g/mol. The quantitative estimate of drug-likeness (QED) is 0.597. The number of benzene rings is 2. The van der Waals surface area contributed by atoms with Gasteiger partial charge in [-0.2, -0.15) is 13.2 Å². The van der Waals surface area contributed by atoms with Gasteiger partial charge in [0, 0.05) is 18.2 Å². The molecule has 0 unspecified atom stereocenters. The molecule has 2 heterocycles. The Bertz CT molecular complexity index is 1110. The molecule has 0 radical (unpaired) electrons. The highest BCUT2D eigenvalue weighted by atomic mass is 19.4. The number of alkyl halides is 3. The molecule has 9 heteroatoms. The maximum absolute atomic E-state index is 13.6. The number of carbonyl (C=O) groups is 1. The van der Waals surface area contributed by atoms with Gasteiger partial charge in [-0.3, -0.25) is 4.79 Å². The van der Waals surface area contributed by atoms with Gasteiger partial charge in [-0.05, 0) is 37.1 Å². The lowest BCUT2D eigenvalue weighted by molar-refractivity contribution is -0.148. The molecule has 1 aliphatic rings. The van der Waals surface area contributed by atoms with Crippen molar-refractivity contribution >= 4 is 16.9 Å². The minimum Gasteiger partial charge on any atom is -0.497 e. The molecule has 4 rings (SSSR count). The number of fused-ring (bicyclic) bond motifs is 1. The normalized spacial score (nSPS) is 16.7. The Morgan fingerprint density at radius 2 is 1.94 bits per heavy atom. The summed E-state index contributed by atoms with van der Waals surface area (Å²) in [5.41, 5.74) is 1.29. The number of ether oxygens (including phenoxy) is 2. The molecule has 164 valence electrons. The third-order valence-corrected chi connectivity index (χ3v) is 5.57. The van der Waals surface area contributed by atoms with Crippen LogP contribution in [0.2, 0.25) is 0 Å². The molecule has 0 saturated carbocycles. The van der Waals surface area contributed by atoms with E-state index >= 15 is 0 Å². The van der Waals surface area contributed by atoms with Gasteiger partial charge in [0.2, 0.25) is 11.7 Å². The summed E-state index contributed by atoms with van der Waals surface area (Å²) in [6, 6.07) is 11.4. The number of carbonyl (C=O) groups excluding carboxylic acids is 1. The molecule has 1 aliphatic heterocycles. The highest BCUT2D eigenvalue weighted by Crippen LogP contribution is 2.39. The Hall–Kier alpha value is -3.23. The molecular formula is C22H22F3N3O3. The molecule has 1 aromatic heterocycles. The molecule has 1 atom stereocenters. The topological polar surface area (TPSA) is 56.6 Å². The van der Waals surface area contributed by atoms with Gasteiger partial charge in [-0.15, -0.1) is 0 Å². The van der Waals surface area contributed by atoms with E-state index in [-0.39, 0.29) is 17.1 Å². The Morgan fingerprint density at radius 3 is 2.65 bits per heavy atom. The Labute approximate surface area is 177 Å². The lowest BCUT2D eigenvalue weighted by Crippen LogP contribution is -2.34. The number of hydrogen-bond acceptors (Lipinski definition) is 4. The molecule has 0 spiro atoms.